The first-order valence-electron chi connectivity index (χ1n) is 13.0. The molecule has 0 heterocycles. The SMILES string of the molecule is CCCCCCCCCCCCCCCCCCCCCCC(=O)OC(C)CO. The van der Waals surface area contributed by atoms with Gasteiger partial charge in [0.05, 0.1) is 6.61 Å². The average Bonchev–Trinajstić information content (AvgIpc) is 2.72. The second-order valence-electron chi connectivity index (χ2n) is 8.95. The molecule has 0 rings (SSSR count). The Bertz CT molecular complexity index is 330. The van der Waals surface area contributed by atoms with Crippen LogP contribution in [0.1, 0.15) is 149 Å². The molecule has 0 aromatic rings. The van der Waals surface area contributed by atoms with E-state index in [1.54, 1.807) is 6.92 Å². The van der Waals surface area contributed by atoms with Gasteiger partial charge in [-0.1, -0.05) is 129 Å². The third kappa shape index (κ3) is 23.6. The molecule has 1 unspecified atom stereocenters. The van der Waals surface area contributed by atoms with Gasteiger partial charge in [-0.25, -0.2) is 0 Å². The number of carbonyl (C=O) groups excluding carboxylic acids is 1. The van der Waals surface area contributed by atoms with Crippen LogP contribution < -0.4 is 0 Å². The number of unbranched alkanes of at least 4 members (excludes halogenated alkanes) is 19. The monoisotopic (exact) mass is 412 g/mol. The van der Waals surface area contributed by atoms with Crippen molar-refractivity contribution in [2.45, 2.75) is 155 Å². The van der Waals surface area contributed by atoms with Gasteiger partial charge in [0.15, 0.2) is 0 Å². The van der Waals surface area contributed by atoms with Gasteiger partial charge in [0.1, 0.15) is 6.10 Å². The van der Waals surface area contributed by atoms with E-state index in [1.165, 1.54) is 116 Å². The van der Waals surface area contributed by atoms with Gasteiger partial charge < -0.3 is 9.84 Å². The van der Waals surface area contributed by atoms with Crippen molar-refractivity contribution in [3.8, 4) is 0 Å². The van der Waals surface area contributed by atoms with Crippen molar-refractivity contribution in [3.05, 3.63) is 0 Å². The Balaban J connectivity index is 3.09. The maximum Gasteiger partial charge on any atom is 0.306 e. The van der Waals surface area contributed by atoms with Gasteiger partial charge in [-0.05, 0) is 13.3 Å². The van der Waals surface area contributed by atoms with Crippen LogP contribution in [0.2, 0.25) is 0 Å². The van der Waals surface area contributed by atoms with Gasteiger partial charge in [0.2, 0.25) is 0 Å². The summed E-state index contributed by atoms with van der Waals surface area (Å²) in [7, 11) is 0. The molecule has 29 heavy (non-hydrogen) atoms. The van der Waals surface area contributed by atoms with Gasteiger partial charge in [0, 0.05) is 6.42 Å². The molecule has 3 heteroatoms. The number of hydrogen-bond donors (Lipinski definition) is 1. The van der Waals surface area contributed by atoms with E-state index in [0.717, 1.165) is 12.8 Å². The third-order valence-corrected chi connectivity index (χ3v) is 5.82. The van der Waals surface area contributed by atoms with Crippen LogP contribution in [0.25, 0.3) is 0 Å². The molecule has 0 aliphatic rings. The molecular formula is C26H52O3. The molecule has 0 saturated carbocycles. The molecule has 174 valence electrons. The number of esters is 1. The number of ether oxygens (including phenoxy) is 1. The highest BCUT2D eigenvalue weighted by atomic mass is 16.5. The smallest absolute Gasteiger partial charge is 0.306 e. The molecule has 0 aromatic heterocycles. The summed E-state index contributed by atoms with van der Waals surface area (Å²) in [5, 5.41) is 8.85. The fraction of sp³-hybridized carbons (Fsp3) is 0.962. The first kappa shape index (κ1) is 28.4. The third-order valence-electron chi connectivity index (χ3n) is 5.82. The Hall–Kier alpha value is -0.570. The molecule has 0 aliphatic carbocycles. The van der Waals surface area contributed by atoms with Crippen molar-refractivity contribution in [2.75, 3.05) is 6.61 Å². The Morgan fingerprint density at radius 3 is 1.24 bits per heavy atom. The lowest BCUT2D eigenvalue weighted by Crippen LogP contribution is -2.18. The summed E-state index contributed by atoms with van der Waals surface area (Å²) < 4.78 is 5.05. The summed E-state index contributed by atoms with van der Waals surface area (Å²) in [6.07, 6.45) is 27.4. The largest absolute Gasteiger partial charge is 0.460 e. The Labute approximate surface area is 182 Å². The maximum absolute atomic E-state index is 11.5. The molecule has 0 radical (unpaired) electrons. The Morgan fingerprint density at radius 2 is 0.931 bits per heavy atom. The highest BCUT2D eigenvalue weighted by molar-refractivity contribution is 5.69. The topological polar surface area (TPSA) is 46.5 Å². The van der Waals surface area contributed by atoms with Crippen LogP contribution in [0.4, 0.5) is 0 Å². The van der Waals surface area contributed by atoms with Crippen LogP contribution >= 0.6 is 0 Å². The van der Waals surface area contributed by atoms with E-state index in [9.17, 15) is 4.79 Å². The van der Waals surface area contributed by atoms with Gasteiger partial charge >= 0.3 is 5.97 Å². The van der Waals surface area contributed by atoms with E-state index in [2.05, 4.69) is 6.92 Å². The fourth-order valence-corrected chi connectivity index (χ4v) is 3.85. The zero-order chi connectivity index (χ0) is 21.4. The first-order valence-corrected chi connectivity index (χ1v) is 13.0. The van der Waals surface area contributed by atoms with Crippen molar-refractivity contribution in [1.82, 2.24) is 0 Å². The number of aliphatic hydroxyl groups excluding tert-OH is 1. The molecule has 0 bridgehead atoms. The lowest BCUT2D eigenvalue weighted by atomic mass is 10.0. The minimum absolute atomic E-state index is 0.0923. The highest BCUT2D eigenvalue weighted by Gasteiger charge is 2.07. The normalized spacial score (nSPS) is 12.2. The number of aliphatic hydroxyl groups is 1. The number of hydrogen-bond acceptors (Lipinski definition) is 3. The molecule has 0 aliphatic heterocycles. The quantitative estimate of drug-likeness (QED) is 0.136. The summed E-state index contributed by atoms with van der Waals surface area (Å²) in [6, 6.07) is 0. The van der Waals surface area contributed by atoms with Crippen LogP contribution in [-0.2, 0) is 9.53 Å². The molecule has 1 N–H and O–H groups in total. The van der Waals surface area contributed by atoms with E-state index in [1.807, 2.05) is 0 Å². The van der Waals surface area contributed by atoms with Crippen molar-refractivity contribution in [1.29, 1.82) is 0 Å². The fourth-order valence-electron chi connectivity index (χ4n) is 3.85. The number of rotatable bonds is 23. The Kier molecular flexibility index (Phi) is 23.2. The summed E-state index contributed by atoms with van der Waals surface area (Å²) in [5.74, 6) is -0.172. The van der Waals surface area contributed by atoms with Crippen molar-refractivity contribution in [2.24, 2.45) is 0 Å². The standard InChI is InChI=1S/C26H52O3/c1-3-4-5-6-7-8-9-10-11-12-13-14-15-16-17-18-19-20-21-22-23-26(28)29-25(2)24-27/h25,27H,3-24H2,1-2H3. The minimum Gasteiger partial charge on any atom is -0.460 e. The molecule has 0 spiro atoms. The summed E-state index contributed by atoms with van der Waals surface area (Å²) in [5.41, 5.74) is 0. The second kappa shape index (κ2) is 23.7. The zero-order valence-corrected chi connectivity index (χ0v) is 19.9. The van der Waals surface area contributed by atoms with Crippen molar-refractivity contribution < 1.29 is 14.6 Å². The van der Waals surface area contributed by atoms with Crippen molar-refractivity contribution >= 4 is 5.97 Å². The van der Waals surface area contributed by atoms with Gasteiger partial charge in [-0.3, -0.25) is 4.79 Å². The molecule has 0 amide bonds. The van der Waals surface area contributed by atoms with Crippen molar-refractivity contribution in [3.63, 3.8) is 0 Å². The van der Waals surface area contributed by atoms with Crippen LogP contribution in [0.15, 0.2) is 0 Å². The van der Waals surface area contributed by atoms with E-state index in [4.69, 9.17) is 9.84 Å². The van der Waals surface area contributed by atoms with E-state index in [-0.39, 0.29) is 18.7 Å². The molecule has 1 atom stereocenters. The van der Waals surface area contributed by atoms with Crippen LogP contribution in [-0.4, -0.2) is 23.8 Å². The first-order chi connectivity index (χ1) is 14.2. The van der Waals surface area contributed by atoms with E-state index >= 15 is 0 Å². The predicted molar refractivity (Wildman–Crippen MR) is 125 cm³/mol. The average molecular weight is 413 g/mol. The predicted octanol–water partition coefficient (Wildman–Crippen LogP) is 8.12. The van der Waals surface area contributed by atoms with E-state index < -0.39 is 0 Å². The highest BCUT2D eigenvalue weighted by Crippen LogP contribution is 2.15. The molecule has 0 saturated heterocycles. The van der Waals surface area contributed by atoms with E-state index in [0.29, 0.717) is 6.42 Å². The Morgan fingerprint density at radius 1 is 0.621 bits per heavy atom. The molecule has 3 nitrogen and oxygen atoms in total. The molecule has 0 fully saturated rings. The van der Waals surface area contributed by atoms with Gasteiger partial charge in [0.25, 0.3) is 0 Å². The van der Waals surface area contributed by atoms with Crippen LogP contribution in [0.3, 0.4) is 0 Å². The summed E-state index contributed by atoms with van der Waals surface area (Å²) >= 11 is 0. The van der Waals surface area contributed by atoms with Gasteiger partial charge in [-0.15, -0.1) is 0 Å². The lowest BCUT2D eigenvalue weighted by Gasteiger charge is -2.09. The summed E-state index contributed by atoms with van der Waals surface area (Å²) in [6.45, 7) is 3.91. The van der Waals surface area contributed by atoms with Gasteiger partial charge in [-0.2, -0.15) is 0 Å². The molecular weight excluding hydrogens is 360 g/mol. The van der Waals surface area contributed by atoms with Crippen LogP contribution in [0.5, 0.6) is 0 Å². The summed E-state index contributed by atoms with van der Waals surface area (Å²) in [4.78, 5) is 11.5. The minimum atomic E-state index is -0.368. The number of carbonyl (C=O) groups is 1. The maximum atomic E-state index is 11.5. The molecule has 0 aromatic carbocycles. The second-order valence-corrected chi connectivity index (χ2v) is 8.95. The zero-order valence-electron chi connectivity index (χ0n) is 19.9. The lowest BCUT2D eigenvalue weighted by molar-refractivity contribution is -0.150. The van der Waals surface area contributed by atoms with Crippen LogP contribution in [0, 0.1) is 0 Å².